The van der Waals surface area contributed by atoms with Gasteiger partial charge in [0.25, 0.3) is 5.91 Å². The van der Waals surface area contributed by atoms with Gasteiger partial charge in [0.05, 0.1) is 6.61 Å². The molecule has 6 heteroatoms. The minimum absolute atomic E-state index is 0.105. The number of likely N-dealkylation sites (N-methyl/N-ethyl adjacent to an activating group) is 1. The van der Waals surface area contributed by atoms with Crippen LogP contribution in [-0.2, 0) is 9.53 Å². The van der Waals surface area contributed by atoms with E-state index in [4.69, 9.17) is 4.74 Å². The number of esters is 1. The molecule has 0 N–H and O–H groups in total. The molecule has 0 unspecified atom stereocenters. The number of carbonyl (C=O) groups excluding carboxylic acids is 2. The Bertz CT molecular complexity index is 487. The molecule has 0 radical (unpaired) electrons. The van der Waals surface area contributed by atoms with Crippen LogP contribution in [-0.4, -0.2) is 55.0 Å². The molecule has 0 atom stereocenters. The van der Waals surface area contributed by atoms with E-state index in [1.807, 2.05) is 13.8 Å². The molecule has 1 rings (SSSR count). The fraction of sp³-hybridized carbons (Fsp3) is 0.533. The topological polar surface area (TPSA) is 62.7 Å². The van der Waals surface area contributed by atoms with Crippen molar-refractivity contribution >= 4 is 17.6 Å². The highest BCUT2D eigenvalue weighted by Crippen LogP contribution is 2.14. The highest BCUT2D eigenvalue weighted by Gasteiger charge is 2.16. The van der Waals surface area contributed by atoms with E-state index in [1.54, 1.807) is 42.1 Å². The fourth-order valence-corrected chi connectivity index (χ4v) is 1.94. The van der Waals surface area contributed by atoms with E-state index in [-0.39, 0.29) is 18.4 Å². The number of hydrogen-bond donors (Lipinski definition) is 0. The van der Waals surface area contributed by atoms with Crippen molar-refractivity contribution in [3.05, 3.63) is 24.0 Å². The number of rotatable bonds is 7. The van der Waals surface area contributed by atoms with Gasteiger partial charge in [-0.15, -0.1) is 0 Å². The molecule has 0 aliphatic heterocycles. The molecule has 6 nitrogen and oxygen atoms in total. The second-order valence-electron chi connectivity index (χ2n) is 4.54. The van der Waals surface area contributed by atoms with Gasteiger partial charge < -0.3 is 14.5 Å². The summed E-state index contributed by atoms with van der Waals surface area (Å²) in [7, 11) is 1.78. The van der Waals surface area contributed by atoms with Crippen molar-refractivity contribution in [3.63, 3.8) is 0 Å². The van der Waals surface area contributed by atoms with Crippen LogP contribution in [0.25, 0.3) is 0 Å². The van der Waals surface area contributed by atoms with Crippen LogP contribution in [0, 0.1) is 0 Å². The van der Waals surface area contributed by atoms with Crippen LogP contribution < -0.4 is 4.90 Å². The average molecular weight is 293 g/mol. The minimum atomic E-state index is -0.298. The number of pyridine rings is 1. The van der Waals surface area contributed by atoms with E-state index < -0.39 is 0 Å². The van der Waals surface area contributed by atoms with Crippen molar-refractivity contribution < 1.29 is 14.3 Å². The van der Waals surface area contributed by atoms with Crippen molar-refractivity contribution in [3.8, 4) is 0 Å². The van der Waals surface area contributed by atoms with E-state index in [0.29, 0.717) is 25.4 Å². The molecule has 0 fully saturated rings. The Hall–Kier alpha value is -2.11. The molecule has 1 amide bonds. The van der Waals surface area contributed by atoms with Crippen molar-refractivity contribution in [1.29, 1.82) is 0 Å². The Kier molecular flexibility index (Phi) is 6.65. The zero-order chi connectivity index (χ0) is 15.8. The molecule has 0 saturated heterocycles. The molecule has 0 aliphatic carbocycles. The summed E-state index contributed by atoms with van der Waals surface area (Å²) < 4.78 is 4.91. The number of nitrogens with zero attached hydrogens (tertiary/aromatic N) is 3. The van der Waals surface area contributed by atoms with E-state index in [1.165, 1.54) is 0 Å². The lowest BCUT2D eigenvalue weighted by Crippen LogP contribution is -2.31. The smallest absolute Gasteiger partial charge is 0.325 e. The largest absolute Gasteiger partial charge is 0.465 e. The van der Waals surface area contributed by atoms with E-state index in [0.717, 1.165) is 5.69 Å². The molecule has 1 heterocycles. The Morgan fingerprint density at radius 1 is 1.24 bits per heavy atom. The molecule has 0 aromatic carbocycles. The fourth-order valence-electron chi connectivity index (χ4n) is 1.94. The summed E-state index contributed by atoms with van der Waals surface area (Å²) >= 11 is 0. The average Bonchev–Trinajstić information content (AvgIpc) is 2.48. The van der Waals surface area contributed by atoms with Gasteiger partial charge in [-0.05, 0) is 32.9 Å². The van der Waals surface area contributed by atoms with Crippen LogP contribution in [0.4, 0.5) is 5.69 Å². The van der Waals surface area contributed by atoms with Crippen LogP contribution in [0.2, 0.25) is 0 Å². The predicted octanol–water partition coefficient (Wildman–Crippen LogP) is 1.56. The quantitative estimate of drug-likeness (QED) is 0.714. The summed E-state index contributed by atoms with van der Waals surface area (Å²) in [6, 6.07) is 3.46. The Labute approximate surface area is 125 Å². The summed E-state index contributed by atoms with van der Waals surface area (Å²) in [6.45, 7) is 7.40. The third-order valence-corrected chi connectivity index (χ3v) is 3.13. The summed E-state index contributed by atoms with van der Waals surface area (Å²) in [5.41, 5.74) is 1.14. The van der Waals surface area contributed by atoms with Gasteiger partial charge in [0.2, 0.25) is 0 Å². The summed E-state index contributed by atoms with van der Waals surface area (Å²) in [5, 5.41) is 0. The van der Waals surface area contributed by atoms with E-state index >= 15 is 0 Å². The molecule has 21 heavy (non-hydrogen) atoms. The number of carbonyl (C=O) groups is 2. The third kappa shape index (κ3) is 4.73. The number of anilines is 1. The number of amides is 1. The first-order chi connectivity index (χ1) is 10.0. The molecule has 0 bridgehead atoms. The van der Waals surface area contributed by atoms with E-state index in [9.17, 15) is 9.59 Å². The van der Waals surface area contributed by atoms with Gasteiger partial charge in [0.15, 0.2) is 0 Å². The number of ether oxygens (including phenoxy) is 1. The SMILES string of the molecule is CCOC(=O)CN(C)c1ccnc(C(=O)N(CC)CC)c1. The summed E-state index contributed by atoms with van der Waals surface area (Å²) in [5.74, 6) is -0.403. The van der Waals surface area contributed by atoms with Gasteiger partial charge in [-0.25, -0.2) is 0 Å². The standard InChI is InChI=1S/C15H23N3O3/c1-5-18(6-2)15(20)13-10-12(8-9-16-13)17(4)11-14(19)21-7-3/h8-10H,5-7,11H2,1-4H3. The minimum Gasteiger partial charge on any atom is -0.465 e. The second kappa shape index (κ2) is 8.24. The lowest BCUT2D eigenvalue weighted by Gasteiger charge is -2.21. The molecule has 0 aliphatic rings. The van der Waals surface area contributed by atoms with Gasteiger partial charge >= 0.3 is 5.97 Å². The third-order valence-electron chi connectivity index (χ3n) is 3.13. The zero-order valence-electron chi connectivity index (χ0n) is 13.1. The molecule has 116 valence electrons. The van der Waals surface area contributed by atoms with Gasteiger partial charge in [-0.1, -0.05) is 0 Å². The molecule has 1 aromatic heterocycles. The molecular weight excluding hydrogens is 270 g/mol. The summed E-state index contributed by atoms with van der Waals surface area (Å²) in [4.78, 5) is 31.3. The first-order valence-electron chi connectivity index (χ1n) is 7.15. The Balaban J connectivity index is 2.84. The second-order valence-corrected chi connectivity index (χ2v) is 4.54. The first kappa shape index (κ1) is 16.9. The van der Waals surface area contributed by atoms with Crippen molar-refractivity contribution in [1.82, 2.24) is 9.88 Å². The van der Waals surface area contributed by atoms with Crippen LogP contribution in [0.1, 0.15) is 31.3 Å². The van der Waals surface area contributed by atoms with Crippen LogP contribution in [0.15, 0.2) is 18.3 Å². The maximum absolute atomic E-state index is 12.3. The first-order valence-corrected chi connectivity index (χ1v) is 7.15. The molecular formula is C15H23N3O3. The highest BCUT2D eigenvalue weighted by atomic mass is 16.5. The van der Waals surface area contributed by atoms with Crippen molar-refractivity contribution in [2.75, 3.05) is 38.2 Å². The Morgan fingerprint density at radius 3 is 2.48 bits per heavy atom. The van der Waals surface area contributed by atoms with Gasteiger partial charge in [0, 0.05) is 32.0 Å². The normalized spacial score (nSPS) is 10.1. The van der Waals surface area contributed by atoms with E-state index in [2.05, 4.69) is 4.98 Å². The Morgan fingerprint density at radius 2 is 1.90 bits per heavy atom. The lowest BCUT2D eigenvalue weighted by molar-refractivity contribution is -0.141. The highest BCUT2D eigenvalue weighted by molar-refractivity contribution is 5.93. The van der Waals surface area contributed by atoms with Gasteiger partial charge in [0.1, 0.15) is 12.2 Å². The van der Waals surface area contributed by atoms with Crippen molar-refractivity contribution in [2.45, 2.75) is 20.8 Å². The maximum Gasteiger partial charge on any atom is 0.325 e. The number of aromatic nitrogens is 1. The predicted molar refractivity (Wildman–Crippen MR) is 81.4 cm³/mol. The zero-order valence-corrected chi connectivity index (χ0v) is 13.1. The monoisotopic (exact) mass is 293 g/mol. The number of hydrogen-bond acceptors (Lipinski definition) is 5. The molecule has 1 aromatic rings. The van der Waals surface area contributed by atoms with Gasteiger partial charge in [-0.2, -0.15) is 0 Å². The van der Waals surface area contributed by atoms with Crippen LogP contribution in [0.5, 0.6) is 0 Å². The molecule has 0 spiro atoms. The van der Waals surface area contributed by atoms with Crippen molar-refractivity contribution in [2.24, 2.45) is 0 Å². The van der Waals surface area contributed by atoms with Crippen LogP contribution in [0.3, 0.4) is 0 Å². The molecule has 0 saturated carbocycles. The lowest BCUT2D eigenvalue weighted by atomic mass is 10.2. The van der Waals surface area contributed by atoms with Crippen LogP contribution >= 0.6 is 0 Å². The maximum atomic E-state index is 12.3. The van der Waals surface area contributed by atoms with Gasteiger partial charge in [-0.3, -0.25) is 14.6 Å². The summed E-state index contributed by atoms with van der Waals surface area (Å²) in [6.07, 6.45) is 1.58.